The average molecular weight is 227 g/mol. The monoisotopic (exact) mass is 227 g/mol. The maximum absolute atomic E-state index is 11.4. The molecule has 0 aliphatic carbocycles. The van der Waals surface area contributed by atoms with Crippen LogP contribution in [0.4, 0.5) is 0 Å². The number of rotatable bonds is 1. The van der Waals surface area contributed by atoms with Crippen molar-refractivity contribution in [2.75, 3.05) is 0 Å². The lowest BCUT2D eigenvalue weighted by molar-refractivity contribution is 0.101. The molecule has 84 valence electrons. The number of hydrogen-bond acceptors (Lipinski definition) is 4. The largest absolute Gasteiger partial charge is 0.504 e. The topological polar surface area (TPSA) is 81.3 Å². The lowest BCUT2D eigenvalue weighted by atomic mass is 9.95. The van der Waals surface area contributed by atoms with E-state index in [0.717, 1.165) is 0 Å². The Morgan fingerprint density at radius 2 is 1.76 bits per heavy atom. The van der Waals surface area contributed by atoms with Gasteiger partial charge in [-0.05, 0) is 6.92 Å². The van der Waals surface area contributed by atoms with Crippen LogP contribution in [0.3, 0.4) is 0 Å². The second-order valence-corrected chi connectivity index (χ2v) is 3.66. The number of phenolic OH excluding ortho intramolecular Hbond substituents is 2. The lowest BCUT2D eigenvalue weighted by Gasteiger charge is -2.10. The highest BCUT2D eigenvalue weighted by Gasteiger charge is 2.21. The summed E-state index contributed by atoms with van der Waals surface area (Å²) in [7, 11) is 0. The van der Waals surface area contributed by atoms with Gasteiger partial charge in [-0.3, -0.25) is 4.79 Å². The van der Waals surface area contributed by atoms with E-state index in [0.29, 0.717) is 10.8 Å². The molecule has 0 spiro atoms. The number of hydrogen-bond donors (Lipinski definition) is 2. The van der Waals surface area contributed by atoms with Gasteiger partial charge >= 0.3 is 0 Å². The van der Waals surface area contributed by atoms with Crippen molar-refractivity contribution >= 4 is 16.6 Å². The Labute approximate surface area is 97.4 Å². The Bertz CT molecular complexity index is 668. The number of nitriles is 1. The number of fused-ring (bicyclic) bond motifs is 1. The van der Waals surface area contributed by atoms with Crippen LogP contribution < -0.4 is 0 Å². The first-order valence-corrected chi connectivity index (χ1v) is 4.95. The Balaban J connectivity index is 3.07. The van der Waals surface area contributed by atoms with Crippen molar-refractivity contribution in [2.24, 2.45) is 0 Å². The van der Waals surface area contributed by atoms with Crippen molar-refractivity contribution in [1.29, 1.82) is 5.26 Å². The zero-order valence-corrected chi connectivity index (χ0v) is 9.06. The van der Waals surface area contributed by atoms with Crippen LogP contribution in [0.2, 0.25) is 0 Å². The number of ketones is 1. The molecule has 4 nitrogen and oxygen atoms in total. The van der Waals surface area contributed by atoms with Gasteiger partial charge in [0.2, 0.25) is 0 Å². The van der Waals surface area contributed by atoms with Crippen LogP contribution >= 0.6 is 0 Å². The highest BCUT2D eigenvalue weighted by Crippen LogP contribution is 2.40. The van der Waals surface area contributed by atoms with Crippen molar-refractivity contribution in [2.45, 2.75) is 6.92 Å². The molecule has 17 heavy (non-hydrogen) atoms. The van der Waals surface area contributed by atoms with E-state index in [1.54, 1.807) is 24.3 Å². The minimum Gasteiger partial charge on any atom is -0.504 e. The van der Waals surface area contributed by atoms with Crippen LogP contribution in [-0.2, 0) is 0 Å². The third kappa shape index (κ3) is 1.49. The summed E-state index contributed by atoms with van der Waals surface area (Å²) < 4.78 is 0. The van der Waals surface area contributed by atoms with Gasteiger partial charge in [-0.15, -0.1) is 0 Å². The molecule has 0 fully saturated rings. The summed E-state index contributed by atoms with van der Waals surface area (Å²) in [6, 6.07) is 8.47. The number of phenols is 2. The number of aromatic hydroxyl groups is 2. The van der Waals surface area contributed by atoms with Gasteiger partial charge in [-0.25, -0.2) is 0 Å². The summed E-state index contributed by atoms with van der Waals surface area (Å²) in [5, 5.41) is 29.4. The van der Waals surface area contributed by atoms with Crippen LogP contribution in [0.25, 0.3) is 10.8 Å². The van der Waals surface area contributed by atoms with E-state index in [-0.39, 0.29) is 16.9 Å². The normalized spacial score (nSPS) is 10.1. The highest BCUT2D eigenvalue weighted by molar-refractivity contribution is 6.08. The number of carbonyl (C=O) groups excluding carboxylic acids is 1. The van der Waals surface area contributed by atoms with Crippen molar-refractivity contribution in [3.63, 3.8) is 0 Å². The van der Waals surface area contributed by atoms with E-state index in [1.807, 2.05) is 6.07 Å². The fourth-order valence-electron chi connectivity index (χ4n) is 1.87. The summed E-state index contributed by atoms with van der Waals surface area (Å²) in [6.07, 6.45) is 0. The smallest absolute Gasteiger partial charge is 0.170 e. The summed E-state index contributed by atoms with van der Waals surface area (Å²) in [5.41, 5.74) is -0.0490. The molecule has 2 aromatic rings. The minimum atomic E-state index is -0.534. The molecule has 0 atom stereocenters. The molecule has 0 heterocycles. The molecule has 2 rings (SSSR count). The SMILES string of the molecule is CC(=O)c1c(O)c(O)c2ccccc2c1C#N. The second kappa shape index (κ2) is 3.80. The molecule has 0 unspecified atom stereocenters. The first-order chi connectivity index (χ1) is 8.07. The van der Waals surface area contributed by atoms with E-state index in [2.05, 4.69) is 0 Å². The number of Topliss-reactive ketones (excluding diaryl/α,β-unsaturated/α-hetero) is 1. The Hall–Kier alpha value is -2.54. The number of benzene rings is 2. The maximum Gasteiger partial charge on any atom is 0.170 e. The number of nitrogens with zero attached hydrogens (tertiary/aromatic N) is 1. The molecule has 0 aliphatic heterocycles. The summed E-state index contributed by atoms with van der Waals surface area (Å²) in [6.45, 7) is 1.24. The second-order valence-electron chi connectivity index (χ2n) is 3.66. The van der Waals surface area contributed by atoms with Gasteiger partial charge in [0.05, 0.1) is 11.1 Å². The Morgan fingerprint density at radius 1 is 1.18 bits per heavy atom. The van der Waals surface area contributed by atoms with E-state index in [1.165, 1.54) is 6.92 Å². The van der Waals surface area contributed by atoms with Crippen LogP contribution in [0, 0.1) is 11.3 Å². The third-order valence-electron chi connectivity index (χ3n) is 2.63. The lowest BCUT2D eigenvalue weighted by Crippen LogP contribution is -1.99. The maximum atomic E-state index is 11.4. The summed E-state index contributed by atoms with van der Waals surface area (Å²) >= 11 is 0. The van der Waals surface area contributed by atoms with E-state index < -0.39 is 11.5 Å². The molecule has 0 aromatic heterocycles. The quantitative estimate of drug-likeness (QED) is 0.578. The predicted molar refractivity (Wildman–Crippen MR) is 62.0 cm³/mol. The molecule has 0 amide bonds. The molecule has 0 radical (unpaired) electrons. The fraction of sp³-hybridized carbons (Fsp3) is 0.0769. The molecule has 2 aromatic carbocycles. The Morgan fingerprint density at radius 3 is 2.29 bits per heavy atom. The van der Waals surface area contributed by atoms with Gasteiger partial charge in [0.1, 0.15) is 6.07 Å². The van der Waals surface area contributed by atoms with Gasteiger partial charge in [0.25, 0.3) is 0 Å². The van der Waals surface area contributed by atoms with Gasteiger partial charge in [0.15, 0.2) is 17.3 Å². The molecule has 0 bridgehead atoms. The molecule has 2 N–H and O–H groups in total. The first-order valence-electron chi connectivity index (χ1n) is 4.95. The van der Waals surface area contributed by atoms with Crippen molar-refractivity contribution in [3.05, 3.63) is 35.4 Å². The standard InChI is InChI=1S/C13H9NO3/c1-7(15)11-10(6-14)8-4-2-3-5-9(8)12(16)13(11)17/h2-5,16-17H,1H3. The number of carbonyl (C=O) groups is 1. The van der Waals surface area contributed by atoms with Gasteiger partial charge in [-0.1, -0.05) is 24.3 Å². The van der Waals surface area contributed by atoms with Crippen molar-refractivity contribution < 1.29 is 15.0 Å². The molecule has 4 heteroatoms. The van der Waals surface area contributed by atoms with Gasteiger partial charge in [0, 0.05) is 10.8 Å². The highest BCUT2D eigenvalue weighted by atomic mass is 16.3. The molecular formula is C13H9NO3. The van der Waals surface area contributed by atoms with E-state index >= 15 is 0 Å². The van der Waals surface area contributed by atoms with Gasteiger partial charge < -0.3 is 10.2 Å². The van der Waals surface area contributed by atoms with Crippen LogP contribution in [0.5, 0.6) is 11.5 Å². The van der Waals surface area contributed by atoms with E-state index in [9.17, 15) is 15.0 Å². The van der Waals surface area contributed by atoms with Crippen molar-refractivity contribution in [3.8, 4) is 17.6 Å². The van der Waals surface area contributed by atoms with E-state index in [4.69, 9.17) is 5.26 Å². The molecule has 0 saturated carbocycles. The fourth-order valence-corrected chi connectivity index (χ4v) is 1.87. The van der Waals surface area contributed by atoms with Gasteiger partial charge in [-0.2, -0.15) is 5.26 Å². The third-order valence-corrected chi connectivity index (χ3v) is 2.63. The predicted octanol–water partition coefficient (Wildman–Crippen LogP) is 2.33. The zero-order chi connectivity index (χ0) is 12.6. The van der Waals surface area contributed by atoms with Crippen LogP contribution in [0.1, 0.15) is 22.8 Å². The molecule has 0 saturated heterocycles. The minimum absolute atomic E-state index is 0.0865. The molecular weight excluding hydrogens is 218 g/mol. The molecule has 0 aliphatic rings. The van der Waals surface area contributed by atoms with Crippen LogP contribution in [0.15, 0.2) is 24.3 Å². The van der Waals surface area contributed by atoms with Crippen molar-refractivity contribution in [1.82, 2.24) is 0 Å². The summed E-state index contributed by atoms with van der Waals surface area (Å²) in [4.78, 5) is 11.4. The Kier molecular flexibility index (Phi) is 2.45. The van der Waals surface area contributed by atoms with Crippen LogP contribution in [-0.4, -0.2) is 16.0 Å². The average Bonchev–Trinajstić information content (AvgIpc) is 2.33. The first kappa shape index (κ1) is 11.0. The summed E-state index contributed by atoms with van der Waals surface area (Å²) in [5.74, 6) is -1.36. The zero-order valence-electron chi connectivity index (χ0n) is 9.06.